The number of rotatable bonds is 6. The van der Waals surface area contributed by atoms with Crippen LogP contribution in [0.5, 0.6) is 11.5 Å². The van der Waals surface area contributed by atoms with Gasteiger partial charge in [0.05, 0.1) is 14.7 Å². The number of hydrogen-bond acceptors (Lipinski definition) is 6. The average Bonchev–Trinajstić information content (AvgIpc) is 2.87. The molecule has 1 N–H and O–H groups in total. The van der Waals surface area contributed by atoms with E-state index < -0.39 is 9.84 Å². The molecule has 0 spiro atoms. The van der Waals surface area contributed by atoms with E-state index in [-0.39, 0.29) is 15.7 Å². The summed E-state index contributed by atoms with van der Waals surface area (Å²) in [5, 5.41) is 2.81. The predicted octanol–water partition coefficient (Wildman–Crippen LogP) is 5.74. The van der Waals surface area contributed by atoms with Crippen molar-refractivity contribution < 1.29 is 17.9 Å². The molecule has 0 bridgehead atoms. The third-order valence-electron chi connectivity index (χ3n) is 5.33. The summed E-state index contributed by atoms with van der Waals surface area (Å²) >= 11 is 1.48. The number of nitrogens with zero attached hydrogens (tertiary/aromatic N) is 1. The van der Waals surface area contributed by atoms with Gasteiger partial charge in [0.25, 0.3) is 0 Å². The Bertz CT molecular complexity index is 1450. The fraction of sp³-hybridized carbons (Fsp3) is 0.0769. The maximum absolute atomic E-state index is 13.4. The van der Waals surface area contributed by atoms with Crippen LogP contribution in [0.15, 0.2) is 111 Å². The minimum Gasteiger partial charge on any atom is -0.454 e. The zero-order valence-electron chi connectivity index (χ0n) is 18.0. The molecule has 0 fully saturated rings. The first kappa shape index (κ1) is 22.2. The van der Waals surface area contributed by atoms with Crippen molar-refractivity contribution in [3.8, 4) is 11.5 Å². The maximum atomic E-state index is 13.4. The van der Waals surface area contributed by atoms with E-state index in [9.17, 15) is 13.2 Å². The number of sulfone groups is 1. The lowest BCUT2D eigenvalue weighted by Gasteiger charge is -2.21. The van der Waals surface area contributed by atoms with Gasteiger partial charge in [-0.3, -0.25) is 9.78 Å². The summed E-state index contributed by atoms with van der Waals surface area (Å²) in [4.78, 5) is 18.2. The molecule has 2 heterocycles. The summed E-state index contributed by atoms with van der Waals surface area (Å²) < 4.78 is 32.9. The topological polar surface area (TPSA) is 85.4 Å². The highest BCUT2D eigenvalue weighted by molar-refractivity contribution is 7.99. The van der Waals surface area contributed by atoms with E-state index in [2.05, 4.69) is 10.3 Å². The molecule has 1 amide bonds. The number of carbonyl (C=O) groups excluding carboxylic acids is 1. The molecule has 4 aromatic rings. The number of fused-ring (bicyclic) bond motifs is 2. The fourth-order valence-electron chi connectivity index (χ4n) is 3.61. The first-order valence-electron chi connectivity index (χ1n) is 10.6. The molecule has 3 aromatic carbocycles. The predicted molar refractivity (Wildman–Crippen MR) is 130 cm³/mol. The third-order valence-corrected chi connectivity index (χ3v) is 8.22. The van der Waals surface area contributed by atoms with Gasteiger partial charge in [0, 0.05) is 24.5 Å². The van der Waals surface area contributed by atoms with Gasteiger partial charge in [-0.15, -0.1) is 0 Å². The number of para-hydroxylation sites is 2. The summed E-state index contributed by atoms with van der Waals surface area (Å²) in [6.07, 6.45) is 4.30. The minimum absolute atomic E-state index is 0.111. The van der Waals surface area contributed by atoms with E-state index in [1.54, 1.807) is 36.7 Å². The van der Waals surface area contributed by atoms with E-state index in [0.717, 1.165) is 15.4 Å². The van der Waals surface area contributed by atoms with Crippen molar-refractivity contribution in [2.45, 2.75) is 32.4 Å². The van der Waals surface area contributed by atoms with E-state index >= 15 is 0 Å². The van der Waals surface area contributed by atoms with Gasteiger partial charge in [0.1, 0.15) is 10.6 Å². The number of nitrogens with one attached hydrogen (secondary N) is 1. The number of carbonyl (C=O) groups is 1. The van der Waals surface area contributed by atoms with Crippen molar-refractivity contribution in [2.75, 3.05) is 5.32 Å². The van der Waals surface area contributed by atoms with Gasteiger partial charge in [0.2, 0.25) is 15.7 Å². The van der Waals surface area contributed by atoms with Gasteiger partial charge < -0.3 is 10.1 Å². The van der Waals surface area contributed by atoms with Crippen LogP contribution in [0.3, 0.4) is 0 Å². The van der Waals surface area contributed by atoms with Crippen molar-refractivity contribution in [3.63, 3.8) is 0 Å². The molecule has 1 aromatic heterocycles. The molecule has 1 aliphatic heterocycles. The number of amides is 1. The molecule has 0 unspecified atom stereocenters. The zero-order chi connectivity index (χ0) is 23.5. The second kappa shape index (κ2) is 9.32. The highest BCUT2D eigenvalue weighted by Gasteiger charge is 2.28. The highest BCUT2D eigenvalue weighted by Crippen LogP contribution is 2.49. The summed E-state index contributed by atoms with van der Waals surface area (Å²) in [5.74, 6) is 0.812. The van der Waals surface area contributed by atoms with Crippen LogP contribution in [0.1, 0.15) is 12.0 Å². The van der Waals surface area contributed by atoms with E-state index in [1.165, 1.54) is 23.9 Å². The number of ether oxygens (including phenoxy) is 1. The Morgan fingerprint density at radius 3 is 2.50 bits per heavy atom. The number of hydrogen-bond donors (Lipinski definition) is 1. The van der Waals surface area contributed by atoms with Gasteiger partial charge >= 0.3 is 0 Å². The largest absolute Gasteiger partial charge is 0.454 e. The van der Waals surface area contributed by atoms with Crippen LogP contribution in [0.2, 0.25) is 0 Å². The molecule has 5 rings (SSSR count). The molecule has 170 valence electrons. The average molecular weight is 489 g/mol. The number of benzene rings is 3. The lowest BCUT2D eigenvalue weighted by atomic mass is 10.1. The Labute approximate surface area is 201 Å². The monoisotopic (exact) mass is 488 g/mol. The van der Waals surface area contributed by atoms with Crippen molar-refractivity contribution in [1.82, 2.24) is 4.98 Å². The number of anilines is 1. The molecular formula is C26H20N2O4S2. The van der Waals surface area contributed by atoms with Gasteiger partial charge in [0.15, 0.2) is 5.75 Å². The van der Waals surface area contributed by atoms with E-state index in [1.807, 2.05) is 42.5 Å². The molecule has 6 nitrogen and oxygen atoms in total. The molecule has 34 heavy (non-hydrogen) atoms. The Balaban J connectivity index is 1.32. The van der Waals surface area contributed by atoms with Crippen molar-refractivity contribution in [2.24, 2.45) is 0 Å². The Morgan fingerprint density at radius 2 is 1.71 bits per heavy atom. The van der Waals surface area contributed by atoms with Crippen molar-refractivity contribution in [1.29, 1.82) is 0 Å². The minimum atomic E-state index is -3.83. The first-order chi connectivity index (χ1) is 16.5. The van der Waals surface area contributed by atoms with Crippen LogP contribution in [0.25, 0.3) is 0 Å². The van der Waals surface area contributed by atoms with Crippen LogP contribution in [-0.4, -0.2) is 19.3 Å². The molecule has 0 saturated carbocycles. The summed E-state index contributed by atoms with van der Waals surface area (Å²) in [6, 6.07) is 22.6. The molecule has 0 radical (unpaired) electrons. The summed E-state index contributed by atoms with van der Waals surface area (Å²) in [6.45, 7) is 0. The first-order valence-corrected chi connectivity index (χ1v) is 12.9. The number of aryl methyl sites for hydroxylation is 1. The third kappa shape index (κ3) is 4.55. The highest BCUT2D eigenvalue weighted by atomic mass is 32.2. The lowest BCUT2D eigenvalue weighted by molar-refractivity contribution is -0.116. The second-order valence-corrected chi connectivity index (χ2v) is 10.7. The molecule has 1 aliphatic rings. The van der Waals surface area contributed by atoms with E-state index in [0.29, 0.717) is 30.0 Å². The molecule has 0 saturated heterocycles. The Morgan fingerprint density at radius 1 is 0.912 bits per heavy atom. The van der Waals surface area contributed by atoms with Crippen LogP contribution in [0.4, 0.5) is 5.69 Å². The Hall–Kier alpha value is -3.62. The molecular weight excluding hydrogens is 468 g/mol. The van der Waals surface area contributed by atoms with Crippen LogP contribution >= 0.6 is 11.8 Å². The normalized spacial score (nSPS) is 12.2. The van der Waals surface area contributed by atoms with Crippen molar-refractivity contribution in [3.05, 3.63) is 96.8 Å². The Kier molecular flexibility index (Phi) is 6.08. The van der Waals surface area contributed by atoms with E-state index in [4.69, 9.17) is 4.74 Å². The molecule has 0 atom stereocenters. The summed E-state index contributed by atoms with van der Waals surface area (Å²) in [5.41, 5.74) is 1.51. The lowest BCUT2D eigenvalue weighted by Crippen LogP contribution is -2.12. The van der Waals surface area contributed by atoms with Crippen LogP contribution < -0.4 is 10.1 Å². The van der Waals surface area contributed by atoms with Gasteiger partial charge in [-0.05, 0) is 66.6 Å². The smallest absolute Gasteiger partial charge is 0.224 e. The standard InChI is InChI=1S/C26H20N2O4S2/c29-25(15-10-18-5-4-16-27-17-18)28-19-11-13-20(14-12-19)34(30,31)24-9-3-8-23-26(24)32-21-6-1-2-7-22(21)33-23/h1-9,11-14,16-17H,10,15H2,(H,28,29). The number of pyridine rings is 1. The van der Waals surface area contributed by atoms with Gasteiger partial charge in [-0.1, -0.05) is 36.0 Å². The van der Waals surface area contributed by atoms with Gasteiger partial charge in [-0.25, -0.2) is 8.42 Å². The number of aromatic nitrogens is 1. The van der Waals surface area contributed by atoms with Crippen LogP contribution in [-0.2, 0) is 21.1 Å². The second-order valence-electron chi connectivity index (χ2n) is 7.67. The summed E-state index contributed by atoms with van der Waals surface area (Å²) in [7, 11) is -3.83. The molecule has 0 aliphatic carbocycles. The van der Waals surface area contributed by atoms with Crippen molar-refractivity contribution >= 4 is 33.2 Å². The van der Waals surface area contributed by atoms with Crippen LogP contribution in [0, 0.1) is 0 Å². The van der Waals surface area contributed by atoms with Gasteiger partial charge in [-0.2, -0.15) is 0 Å². The fourth-order valence-corrected chi connectivity index (χ4v) is 6.06. The maximum Gasteiger partial charge on any atom is 0.224 e. The molecule has 8 heteroatoms. The SMILES string of the molecule is O=C(CCc1cccnc1)Nc1ccc(S(=O)(=O)c2cccc3c2Oc2ccccc2S3)cc1. The zero-order valence-corrected chi connectivity index (χ0v) is 19.6. The quantitative estimate of drug-likeness (QED) is 0.328.